The van der Waals surface area contributed by atoms with Crippen molar-refractivity contribution in [1.29, 1.82) is 0 Å². The highest BCUT2D eigenvalue weighted by Crippen LogP contribution is 2.23. The third kappa shape index (κ3) is 37.7. The Morgan fingerprint density at radius 2 is 0.855 bits per heavy atom. The van der Waals surface area contributed by atoms with Gasteiger partial charge in [0.2, 0.25) is 5.91 Å². The van der Waals surface area contributed by atoms with Crippen molar-refractivity contribution in [2.75, 3.05) is 13.2 Å². The Morgan fingerprint density at radius 3 is 1.26 bits per heavy atom. The van der Waals surface area contributed by atoms with Crippen molar-refractivity contribution in [3.8, 4) is 0 Å². The zero-order valence-corrected chi connectivity index (χ0v) is 44.7. The predicted molar refractivity (Wildman–Crippen MR) is 287 cm³/mol. The van der Waals surface area contributed by atoms with Gasteiger partial charge in [0.15, 0.2) is 6.29 Å². The second kappa shape index (κ2) is 48.6. The van der Waals surface area contributed by atoms with Crippen molar-refractivity contribution in [2.45, 2.75) is 320 Å². The molecule has 1 saturated heterocycles. The van der Waals surface area contributed by atoms with Crippen LogP contribution in [0.5, 0.6) is 0 Å². The molecular formula is C59H111NO9. The average molecular weight is 979 g/mol. The molecule has 0 aromatic carbocycles. The molecule has 0 radical (unpaired) electrons. The number of hydrogen-bond donors (Lipinski definition) is 7. The van der Waals surface area contributed by atoms with E-state index in [-0.39, 0.29) is 6.61 Å². The number of carbonyl (C=O) groups excluding carboxylic acids is 1. The molecule has 1 fully saturated rings. The van der Waals surface area contributed by atoms with Crippen molar-refractivity contribution in [2.24, 2.45) is 0 Å². The number of amides is 1. The first kappa shape index (κ1) is 65.4. The number of nitrogens with one attached hydrogen (secondary N) is 1. The fourth-order valence-electron chi connectivity index (χ4n) is 9.29. The summed E-state index contributed by atoms with van der Waals surface area (Å²) in [6, 6.07) is -0.996. The molecule has 1 heterocycles. The van der Waals surface area contributed by atoms with Gasteiger partial charge in [0.05, 0.1) is 25.4 Å². The van der Waals surface area contributed by atoms with Gasteiger partial charge in [-0.05, 0) is 57.8 Å². The van der Waals surface area contributed by atoms with Crippen LogP contribution in [0, 0.1) is 0 Å². The highest BCUT2D eigenvalue weighted by atomic mass is 16.7. The minimum absolute atomic E-state index is 0.305. The van der Waals surface area contributed by atoms with Crippen molar-refractivity contribution in [1.82, 2.24) is 5.32 Å². The van der Waals surface area contributed by atoms with E-state index in [2.05, 4.69) is 43.5 Å². The summed E-state index contributed by atoms with van der Waals surface area (Å²) in [7, 11) is 0. The molecule has 0 aromatic rings. The van der Waals surface area contributed by atoms with E-state index in [0.717, 1.165) is 32.1 Å². The maximum atomic E-state index is 13.1. The van der Waals surface area contributed by atoms with Crippen LogP contribution in [0.25, 0.3) is 0 Å². The summed E-state index contributed by atoms with van der Waals surface area (Å²) in [6.07, 6.45) is 52.6. The minimum atomic E-state index is -1.62. The lowest BCUT2D eigenvalue weighted by molar-refractivity contribution is -0.302. The van der Waals surface area contributed by atoms with Gasteiger partial charge in [-0.25, -0.2) is 0 Å². The lowest BCUT2D eigenvalue weighted by Crippen LogP contribution is -2.60. The van der Waals surface area contributed by atoms with Gasteiger partial charge in [-0.15, -0.1) is 0 Å². The van der Waals surface area contributed by atoms with Gasteiger partial charge in [0.25, 0.3) is 0 Å². The summed E-state index contributed by atoms with van der Waals surface area (Å²) in [5.41, 5.74) is 0. The summed E-state index contributed by atoms with van der Waals surface area (Å²) >= 11 is 0. The smallest absolute Gasteiger partial charge is 0.249 e. The molecule has 8 unspecified atom stereocenters. The van der Waals surface area contributed by atoms with E-state index in [1.54, 1.807) is 6.08 Å². The first-order valence-electron chi connectivity index (χ1n) is 29.3. The number of unbranched alkanes of at least 4 members (excludes halogenated alkanes) is 35. The largest absolute Gasteiger partial charge is 0.394 e. The molecule has 10 heteroatoms. The van der Waals surface area contributed by atoms with Crippen LogP contribution in [-0.4, -0.2) is 98.7 Å². The molecule has 1 amide bonds. The lowest BCUT2D eigenvalue weighted by Gasteiger charge is -2.40. The molecule has 10 nitrogen and oxygen atoms in total. The fraction of sp³-hybridized carbons (Fsp3) is 0.881. The van der Waals surface area contributed by atoms with E-state index >= 15 is 0 Å². The SMILES string of the molecule is CCCCCCCCCCC/C=C/CC/C=C/C(O)C(COC1OC(CO)C(O)C(O)C1O)NC(=O)C(O)CCCCCCCCCCCCCCC/C=C\CCCCCCCCCCCCCC. The minimum Gasteiger partial charge on any atom is -0.394 e. The van der Waals surface area contributed by atoms with Crippen LogP contribution in [-0.2, 0) is 14.3 Å². The predicted octanol–water partition coefficient (Wildman–Crippen LogP) is 13.3. The van der Waals surface area contributed by atoms with Crippen molar-refractivity contribution >= 4 is 5.91 Å². The molecule has 0 bridgehead atoms. The number of aliphatic hydroxyl groups is 6. The van der Waals surface area contributed by atoms with E-state index < -0.39 is 61.5 Å². The van der Waals surface area contributed by atoms with Crippen molar-refractivity contribution in [3.63, 3.8) is 0 Å². The molecule has 0 spiro atoms. The Hall–Kier alpha value is -1.63. The molecule has 1 rings (SSSR count). The fourth-order valence-corrected chi connectivity index (χ4v) is 9.29. The third-order valence-electron chi connectivity index (χ3n) is 14.0. The summed E-state index contributed by atoms with van der Waals surface area (Å²) in [5, 5.41) is 65.0. The summed E-state index contributed by atoms with van der Waals surface area (Å²) < 4.78 is 11.2. The average Bonchev–Trinajstić information content (AvgIpc) is 3.35. The number of aliphatic hydroxyl groups excluding tert-OH is 6. The molecule has 7 N–H and O–H groups in total. The summed E-state index contributed by atoms with van der Waals surface area (Å²) in [5.74, 6) is -0.624. The molecule has 1 aliphatic rings. The highest BCUT2D eigenvalue weighted by Gasteiger charge is 2.44. The highest BCUT2D eigenvalue weighted by molar-refractivity contribution is 5.80. The van der Waals surface area contributed by atoms with Gasteiger partial charge in [0, 0.05) is 0 Å². The van der Waals surface area contributed by atoms with Crippen LogP contribution in [0.15, 0.2) is 36.5 Å². The standard InChI is InChI=1S/C59H111NO9/c1-3-5-7-9-11-13-15-17-19-20-21-22-23-24-25-26-27-28-29-30-31-32-34-36-38-40-42-44-46-48-53(63)58(67)60-51(50-68-59-57(66)56(65)55(64)54(49-61)69-59)52(62)47-45-43-41-39-37-35-33-18-16-14-12-10-8-6-4-2/h24-25,37,39,45,47,51-57,59,61-66H,3-23,26-36,38,40-44,46,48-50H2,1-2H3,(H,60,67)/b25-24-,39-37+,47-45+. The zero-order valence-electron chi connectivity index (χ0n) is 44.7. The molecule has 1 aliphatic heterocycles. The number of hydrogen-bond acceptors (Lipinski definition) is 9. The van der Waals surface area contributed by atoms with E-state index in [1.165, 1.54) is 205 Å². The number of allylic oxidation sites excluding steroid dienone is 5. The zero-order chi connectivity index (χ0) is 50.3. The quantitative estimate of drug-likeness (QED) is 0.0232. The van der Waals surface area contributed by atoms with Gasteiger partial charge in [-0.1, -0.05) is 249 Å². The Kier molecular flexibility index (Phi) is 46.1. The monoisotopic (exact) mass is 978 g/mol. The number of rotatable bonds is 50. The van der Waals surface area contributed by atoms with Crippen LogP contribution < -0.4 is 5.32 Å². The molecular weight excluding hydrogens is 867 g/mol. The Bertz CT molecular complexity index is 1200. The first-order chi connectivity index (χ1) is 33.8. The van der Waals surface area contributed by atoms with Crippen LogP contribution in [0.1, 0.15) is 271 Å². The summed E-state index contributed by atoms with van der Waals surface area (Å²) in [6.45, 7) is 3.62. The lowest BCUT2D eigenvalue weighted by atomic mass is 9.99. The topological polar surface area (TPSA) is 169 Å². The van der Waals surface area contributed by atoms with Gasteiger partial charge >= 0.3 is 0 Å². The molecule has 406 valence electrons. The number of carbonyl (C=O) groups is 1. The van der Waals surface area contributed by atoms with Gasteiger partial charge < -0.3 is 45.4 Å². The molecule has 0 aliphatic carbocycles. The van der Waals surface area contributed by atoms with Crippen LogP contribution in [0.3, 0.4) is 0 Å². The van der Waals surface area contributed by atoms with Crippen molar-refractivity contribution < 1.29 is 44.9 Å². The Morgan fingerprint density at radius 1 is 0.493 bits per heavy atom. The second-order valence-electron chi connectivity index (χ2n) is 20.6. The van der Waals surface area contributed by atoms with E-state index in [1.807, 2.05) is 6.08 Å². The normalized spacial score (nSPS) is 20.1. The van der Waals surface area contributed by atoms with E-state index in [9.17, 15) is 35.4 Å². The van der Waals surface area contributed by atoms with Crippen LogP contribution >= 0.6 is 0 Å². The maximum absolute atomic E-state index is 13.1. The van der Waals surface area contributed by atoms with Gasteiger partial charge in [-0.3, -0.25) is 4.79 Å². The molecule has 69 heavy (non-hydrogen) atoms. The maximum Gasteiger partial charge on any atom is 0.249 e. The van der Waals surface area contributed by atoms with Gasteiger partial charge in [0.1, 0.15) is 30.5 Å². The van der Waals surface area contributed by atoms with Crippen LogP contribution in [0.4, 0.5) is 0 Å². The van der Waals surface area contributed by atoms with Crippen molar-refractivity contribution in [3.05, 3.63) is 36.5 Å². The second-order valence-corrected chi connectivity index (χ2v) is 20.6. The van der Waals surface area contributed by atoms with E-state index in [4.69, 9.17) is 9.47 Å². The van der Waals surface area contributed by atoms with Crippen LogP contribution in [0.2, 0.25) is 0 Å². The van der Waals surface area contributed by atoms with E-state index in [0.29, 0.717) is 19.3 Å². The first-order valence-corrected chi connectivity index (χ1v) is 29.3. The Balaban J connectivity index is 2.22. The molecule has 8 atom stereocenters. The molecule has 0 saturated carbocycles. The van der Waals surface area contributed by atoms with Gasteiger partial charge in [-0.2, -0.15) is 0 Å². The molecule has 0 aromatic heterocycles. The Labute approximate surface area is 424 Å². The number of ether oxygens (including phenoxy) is 2. The summed E-state index contributed by atoms with van der Waals surface area (Å²) in [4.78, 5) is 13.1. The third-order valence-corrected chi connectivity index (χ3v) is 14.0.